The molecule has 0 amide bonds. The van der Waals surface area contributed by atoms with Crippen LogP contribution in [0.3, 0.4) is 0 Å². The fraction of sp³-hybridized carbons (Fsp3) is 0.250. The number of pyridine rings is 1. The fourth-order valence-electron chi connectivity index (χ4n) is 3.30. The Balaban J connectivity index is 2.00. The zero-order valence-electron chi connectivity index (χ0n) is 13.6. The SMILES string of the molecule is Cc1cc(O)c(CC2(Cc3ccccc3)C=CC=CC2)c(=O)n1O. The van der Waals surface area contributed by atoms with E-state index >= 15 is 0 Å². The van der Waals surface area contributed by atoms with Crippen LogP contribution in [0.4, 0.5) is 0 Å². The van der Waals surface area contributed by atoms with E-state index in [0.717, 1.165) is 12.8 Å². The van der Waals surface area contributed by atoms with E-state index in [0.29, 0.717) is 16.8 Å². The van der Waals surface area contributed by atoms with Gasteiger partial charge in [0.25, 0.3) is 5.56 Å². The van der Waals surface area contributed by atoms with Crippen LogP contribution in [0, 0.1) is 12.3 Å². The Hall–Kier alpha value is -2.75. The number of aryl methyl sites for hydroxylation is 1. The molecule has 0 radical (unpaired) electrons. The van der Waals surface area contributed by atoms with E-state index in [9.17, 15) is 15.1 Å². The average Bonchev–Trinajstić information content (AvgIpc) is 2.59. The molecule has 1 heterocycles. The minimum atomic E-state index is -0.553. The maximum absolute atomic E-state index is 12.4. The summed E-state index contributed by atoms with van der Waals surface area (Å²) in [6, 6.07) is 11.5. The Morgan fingerprint density at radius 2 is 1.92 bits per heavy atom. The molecule has 2 N–H and O–H groups in total. The first-order chi connectivity index (χ1) is 11.5. The molecule has 2 aromatic rings. The van der Waals surface area contributed by atoms with Gasteiger partial charge in [0.2, 0.25) is 0 Å². The van der Waals surface area contributed by atoms with Crippen molar-refractivity contribution in [3.05, 3.63) is 87.9 Å². The van der Waals surface area contributed by atoms with Crippen LogP contribution in [0.25, 0.3) is 0 Å². The number of aromatic hydroxyl groups is 1. The zero-order valence-corrected chi connectivity index (χ0v) is 13.6. The van der Waals surface area contributed by atoms with Crippen molar-refractivity contribution in [1.82, 2.24) is 4.73 Å². The van der Waals surface area contributed by atoms with Gasteiger partial charge >= 0.3 is 0 Å². The minimum absolute atomic E-state index is 0.0572. The molecular formula is C20H21NO3. The first-order valence-corrected chi connectivity index (χ1v) is 8.03. The van der Waals surface area contributed by atoms with Gasteiger partial charge in [-0.15, -0.1) is 0 Å². The molecular weight excluding hydrogens is 302 g/mol. The number of hydrogen-bond donors (Lipinski definition) is 2. The molecule has 1 aliphatic carbocycles. The first kappa shape index (κ1) is 16.1. The van der Waals surface area contributed by atoms with E-state index < -0.39 is 5.56 Å². The Morgan fingerprint density at radius 3 is 2.58 bits per heavy atom. The van der Waals surface area contributed by atoms with Gasteiger partial charge < -0.3 is 10.3 Å². The van der Waals surface area contributed by atoms with Crippen molar-refractivity contribution in [3.8, 4) is 5.75 Å². The molecule has 24 heavy (non-hydrogen) atoms. The monoisotopic (exact) mass is 323 g/mol. The molecule has 1 aromatic carbocycles. The average molecular weight is 323 g/mol. The van der Waals surface area contributed by atoms with E-state index in [-0.39, 0.29) is 16.7 Å². The third-order valence-electron chi connectivity index (χ3n) is 4.59. The van der Waals surface area contributed by atoms with E-state index in [4.69, 9.17) is 0 Å². The Bertz CT molecular complexity index is 849. The summed E-state index contributed by atoms with van der Waals surface area (Å²) in [7, 11) is 0. The van der Waals surface area contributed by atoms with Crippen LogP contribution in [0.5, 0.6) is 5.75 Å². The van der Waals surface area contributed by atoms with Crippen molar-refractivity contribution in [3.63, 3.8) is 0 Å². The summed E-state index contributed by atoms with van der Waals surface area (Å²) in [5.41, 5.74) is 0.891. The second-order valence-electron chi connectivity index (χ2n) is 6.46. The quantitative estimate of drug-likeness (QED) is 0.848. The normalized spacial score (nSPS) is 19.5. The van der Waals surface area contributed by atoms with Gasteiger partial charge in [-0.25, -0.2) is 0 Å². The van der Waals surface area contributed by atoms with Crippen LogP contribution < -0.4 is 5.56 Å². The standard InChI is InChI=1S/C20H21NO3/c1-15-12-18(22)17(19(23)21(15)24)14-20(10-6-3-7-11-20)13-16-8-4-2-5-9-16/h2-10,12,22,24H,11,13-14H2,1H3. The zero-order chi connectivity index (χ0) is 17.2. The van der Waals surface area contributed by atoms with Gasteiger partial charge in [-0.1, -0.05) is 54.6 Å². The Labute approximate surface area is 141 Å². The highest BCUT2D eigenvalue weighted by atomic mass is 16.5. The Morgan fingerprint density at radius 1 is 1.17 bits per heavy atom. The van der Waals surface area contributed by atoms with Crippen LogP contribution in [-0.4, -0.2) is 15.0 Å². The van der Waals surface area contributed by atoms with Crippen molar-refractivity contribution in [2.24, 2.45) is 5.41 Å². The third-order valence-corrected chi connectivity index (χ3v) is 4.59. The molecule has 3 rings (SSSR count). The van der Waals surface area contributed by atoms with E-state index in [2.05, 4.69) is 24.3 Å². The maximum Gasteiger partial charge on any atom is 0.290 e. The second kappa shape index (κ2) is 6.40. The molecule has 124 valence electrons. The van der Waals surface area contributed by atoms with Gasteiger partial charge in [0, 0.05) is 11.5 Å². The molecule has 4 heteroatoms. The van der Waals surface area contributed by atoms with E-state index in [1.165, 1.54) is 11.6 Å². The van der Waals surface area contributed by atoms with Crippen LogP contribution in [0.1, 0.15) is 23.2 Å². The topological polar surface area (TPSA) is 62.5 Å². The van der Waals surface area contributed by atoms with Gasteiger partial charge in [0.15, 0.2) is 0 Å². The first-order valence-electron chi connectivity index (χ1n) is 8.03. The van der Waals surface area contributed by atoms with Gasteiger partial charge in [0.05, 0.1) is 11.3 Å². The lowest BCUT2D eigenvalue weighted by molar-refractivity contribution is 0.165. The molecule has 0 aliphatic heterocycles. The number of hydrogen-bond acceptors (Lipinski definition) is 3. The van der Waals surface area contributed by atoms with E-state index in [1.807, 2.05) is 30.4 Å². The molecule has 4 nitrogen and oxygen atoms in total. The molecule has 1 unspecified atom stereocenters. The van der Waals surface area contributed by atoms with Crippen molar-refractivity contribution in [2.75, 3.05) is 0 Å². The summed E-state index contributed by atoms with van der Waals surface area (Å²) in [4.78, 5) is 12.4. The molecule has 0 bridgehead atoms. The summed E-state index contributed by atoms with van der Waals surface area (Å²) >= 11 is 0. The summed E-state index contributed by atoms with van der Waals surface area (Å²) < 4.78 is 0.605. The predicted molar refractivity (Wildman–Crippen MR) is 93.5 cm³/mol. The lowest BCUT2D eigenvalue weighted by Gasteiger charge is -2.32. The van der Waals surface area contributed by atoms with Gasteiger partial charge in [0.1, 0.15) is 5.75 Å². The molecule has 0 saturated heterocycles. The van der Waals surface area contributed by atoms with Gasteiger partial charge in [-0.2, -0.15) is 4.73 Å². The molecule has 0 fully saturated rings. The fourth-order valence-corrected chi connectivity index (χ4v) is 3.30. The van der Waals surface area contributed by atoms with Gasteiger partial charge in [-0.3, -0.25) is 4.79 Å². The van der Waals surface area contributed by atoms with Crippen molar-refractivity contribution < 1.29 is 10.3 Å². The predicted octanol–water partition coefficient (Wildman–Crippen LogP) is 3.39. The second-order valence-corrected chi connectivity index (χ2v) is 6.46. The van der Waals surface area contributed by atoms with Crippen molar-refractivity contribution in [1.29, 1.82) is 0 Å². The number of aromatic nitrogens is 1. The minimum Gasteiger partial charge on any atom is -0.507 e. The summed E-state index contributed by atoms with van der Waals surface area (Å²) in [5, 5.41) is 20.1. The number of benzene rings is 1. The number of allylic oxidation sites excluding steroid dienone is 4. The highest BCUT2D eigenvalue weighted by molar-refractivity contribution is 5.35. The molecule has 0 saturated carbocycles. The van der Waals surface area contributed by atoms with Crippen LogP contribution in [-0.2, 0) is 12.8 Å². The van der Waals surface area contributed by atoms with Crippen molar-refractivity contribution >= 4 is 0 Å². The van der Waals surface area contributed by atoms with Crippen LogP contribution >= 0.6 is 0 Å². The lowest BCUT2D eigenvalue weighted by Crippen LogP contribution is -2.31. The molecule has 1 aromatic heterocycles. The highest BCUT2D eigenvalue weighted by Gasteiger charge is 2.31. The highest BCUT2D eigenvalue weighted by Crippen LogP contribution is 2.37. The largest absolute Gasteiger partial charge is 0.507 e. The third kappa shape index (κ3) is 3.13. The van der Waals surface area contributed by atoms with Crippen LogP contribution in [0.2, 0.25) is 0 Å². The maximum atomic E-state index is 12.4. The number of rotatable bonds is 4. The smallest absolute Gasteiger partial charge is 0.290 e. The van der Waals surface area contributed by atoms with Gasteiger partial charge in [-0.05, 0) is 31.7 Å². The number of nitrogens with zero attached hydrogens (tertiary/aromatic N) is 1. The van der Waals surface area contributed by atoms with Crippen molar-refractivity contribution in [2.45, 2.75) is 26.2 Å². The summed E-state index contributed by atoms with van der Waals surface area (Å²) in [6.07, 6.45) is 10.0. The van der Waals surface area contributed by atoms with E-state index in [1.54, 1.807) is 6.92 Å². The lowest BCUT2D eigenvalue weighted by atomic mass is 9.72. The summed E-state index contributed by atoms with van der Waals surface area (Å²) in [5.74, 6) is -0.0572. The summed E-state index contributed by atoms with van der Waals surface area (Å²) in [6.45, 7) is 1.58. The van der Waals surface area contributed by atoms with Crippen LogP contribution in [0.15, 0.2) is 65.5 Å². The molecule has 1 atom stereocenters. The molecule has 0 spiro atoms. The Kier molecular flexibility index (Phi) is 4.30. The molecule has 1 aliphatic rings.